The molecule has 1 fully saturated rings. The lowest BCUT2D eigenvalue weighted by Crippen LogP contribution is -2.42. The van der Waals surface area contributed by atoms with E-state index in [1.165, 1.54) is 7.11 Å². The standard InChI is InChI=1S/C27H21Cl2F4N3O3/c1-38-35-21(13-6-7-13)9-14-8-18(16-4-2-3-5-17(16)23(14)25(34)37)22-12-26(39-36-22,27(31,32)33)15-10-19(28)24(30)20(29)11-15/h2-5,8,10-11,13H,6-7,9,12H2,1H3,(H2,34,37). The van der Waals surface area contributed by atoms with Crippen LogP contribution < -0.4 is 5.73 Å². The van der Waals surface area contributed by atoms with Crippen molar-refractivity contribution in [2.24, 2.45) is 22.0 Å². The van der Waals surface area contributed by atoms with E-state index < -0.39 is 45.5 Å². The van der Waals surface area contributed by atoms with E-state index in [0.29, 0.717) is 27.6 Å². The van der Waals surface area contributed by atoms with Crippen molar-refractivity contribution in [3.8, 4) is 0 Å². The van der Waals surface area contributed by atoms with Crippen LogP contribution in [0, 0.1) is 11.7 Å². The maximum atomic E-state index is 14.6. The van der Waals surface area contributed by atoms with Gasteiger partial charge in [0.05, 0.1) is 27.0 Å². The number of hydrogen-bond acceptors (Lipinski definition) is 5. The largest absolute Gasteiger partial charge is 0.435 e. The highest BCUT2D eigenvalue weighted by atomic mass is 35.5. The first-order chi connectivity index (χ1) is 18.5. The molecule has 1 saturated carbocycles. The third kappa shape index (κ3) is 4.80. The van der Waals surface area contributed by atoms with Gasteiger partial charge >= 0.3 is 6.18 Å². The zero-order valence-corrected chi connectivity index (χ0v) is 21.9. The molecule has 3 aromatic carbocycles. The van der Waals surface area contributed by atoms with Crippen LogP contribution in [0.5, 0.6) is 0 Å². The first-order valence-corrected chi connectivity index (χ1v) is 12.6. The number of alkyl halides is 3. The number of hydrogen-bond donors (Lipinski definition) is 1. The van der Waals surface area contributed by atoms with Gasteiger partial charge in [0, 0.05) is 29.9 Å². The van der Waals surface area contributed by atoms with Crippen molar-refractivity contribution in [1.82, 2.24) is 0 Å². The molecule has 2 aliphatic rings. The van der Waals surface area contributed by atoms with Crippen LogP contribution in [0.2, 0.25) is 10.0 Å². The lowest BCUT2D eigenvalue weighted by molar-refractivity contribution is -0.275. The number of nitrogens with zero attached hydrogens (tertiary/aromatic N) is 2. The van der Waals surface area contributed by atoms with Gasteiger partial charge in [-0.3, -0.25) is 4.79 Å². The molecule has 0 aromatic heterocycles. The Balaban J connectivity index is 1.66. The second-order valence-electron chi connectivity index (χ2n) is 9.47. The summed E-state index contributed by atoms with van der Waals surface area (Å²) in [5.74, 6) is -1.55. The van der Waals surface area contributed by atoms with Crippen LogP contribution in [-0.2, 0) is 21.7 Å². The van der Waals surface area contributed by atoms with Gasteiger partial charge < -0.3 is 15.4 Å². The number of benzene rings is 3. The van der Waals surface area contributed by atoms with Crippen LogP contribution in [-0.4, -0.2) is 30.6 Å². The number of halogens is 6. The van der Waals surface area contributed by atoms with E-state index in [0.717, 1.165) is 25.0 Å². The van der Waals surface area contributed by atoms with Crippen LogP contribution in [0.3, 0.4) is 0 Å². The SMILES string of the molecule is CON=C(Cc1cc(C2=NOC(c3cc(Cl)c(F)c(Cl)c3)(C(F)(F)F)C2)c2ccccc2c1C(N)=O)C1CC1. The van der Waals surface area contributed by atoms with Crippen molar-refractivity contribution in [3.05, 3.63) is 80.6 Å². The topological polar surface area (TPSA) is 86.3 Å². The molecule has 204 valence electrons. The Morgan fingerprint density at radius 1 is 1.18 bits per heavy atom. The molecule has 0 radical (unpaired) electrons. The van der Waals surface area contributed by atoms with Crippen LogP contribution in [0.4, 0.5) is 17.6 Å². The van der Waals surface area contributed by atoms with Gasteiger partial charge in [0.15, 0.2) is 5.82 Å². The average molecular weight is 582 g/mol. The quantitative estimate of drug-likeness (QED) is 0.142. The van der Waals surface area contributed by atoms with E-state index in [1.54, 1.807) is 30.3 Å². The van der Waals surface area contributed by atoms with Gasteiger partial charge in [-0.2, -0.15) is 13.2 Å². The van der Waals surface area contributed by atoms with Gasteiger partial charge in [-0.15, -0.1) is 0 Å². The molecule has 0 saturated heterocycles. The maximum Gasteiger partial charge on any atom is 0.435 e. The van der Waals surface area contributed by atoms with Gasteiger partial charge in [-0.25, -0.2) is 4.39 Å². The molecule has 0 spiro atoms. The highest BCUT2D eigenvalue weighted by molar-refractivity contribution is 6.35. The predicted octanol–water partition coefficient (Wildman–Crippen LogP) is 6.92. The van der Waals surface area contributed by atoms with E-state index >= 15 is 0 Å². The zero-order valence-electron chi connectivity index (χ0n) is 20.4. The summed E-state index contributed by atoms with van der Waals surface area (Å²) in [7, 11) is 1.42. The molecular weight excluding hydrogens is 561 g/mol. The monoisotopic (exact) mass is 581 g/mol. The minimum absolute atomic E-state index is 0.0333. The Morgan fingerprint density at radius 3 is 2.38 bits per heavy atom. The van der Waals surface area contributed by atoms with E-state index in [4.69, 9.17) is 38.6 Å². The van der Waals surface area contributed by atoms with Gasteiger partial charge in [-0.05, 0) is 47.4 Å². The molecule has 12 heteroatoms. The summed E-state index contributed by atoms with van der Waals surface area (Å²) < 4.78 is 57.8. The minimum atomic E-state index is -4.97. The van der Waals surface area contributed by atoms with Crippen LogP contribution in [0.15, 0.2) is 52.8 Å². The molecule has 0 bridgehead atoms. The fourth-order valence-electron chi connectivity index (χ4n) is 4.92. The second-order valence-corrected chi connectivity index (χ2v) is 10.3. The molecule has 1 atom stereocenters. The fourth-order valence-corrected chi connectivity index (χ4v) is 5.41. The van der Waals surface area contributed by atoms with E-state index in [2.05, 4.69) is 10.3 Å². The van der Waals surface area contributed by atoms with Crippen molar-refractivity contribution < 1.29 is 32.0 Å². The lowest BCUT2D eigenvalue weighted by Gasteiger charge is -2.30. The molecule has 1 aliphatic heterocycles. The number of nitrogens with two attached hydrogens (primary N) is 1. The highest BCUT2D eigenvalue weighted by Gasteiger charge is 2.62. The fraction of sp³-hybridized carbons (Fsp3) is 0.296. The Bertz CT molecular complexity index is 1530. The first-order valence-electron chi connectivity index (χ1n) is 11.9. The molecule has 1 heterocycles. The van der Waals surface area contributed by atoms with Crippen molar-refractivity contribution in [2.45, 2.75) is 37.5 Å². The Hall–Kier alpha value is -3.37. The zero-order chi connectivity index (χ0) is 28.1. The van der Waals surface area contributed by atoms with Crippen LogP contribution in [0.25, 0.3) is 10.8 Å². The van der Waals surface area contributed by atoms with Crippen LogP contribution >= 0.6 is 23.2 Å². The summed E-state index contributed by atoms with van der Waals surface area (Å²) in [6.07, 6.45) is -3.71. The number of carbonyl (C=O) groups excluding carboxylic acids is 1. The maximum absolute atomic E-state index is 14.6. The summed E-state index contributed by atoms with van der Waals surface area (Å²) in [4.78, 5) is 22.7. The summed E-state index contributed by atoms with van der Waals surface area (Å²) in [6.45, 7) is 0. The molecule has 3 aromatic rings. The second kappa shape index (κ2) is 9.98. The number of amides is 1. The number of rotatable bonds is 7. The molecule has 39 heavy (non-hydrogen) atoms. The molecule has 6 nitrogen and oxygen atoms in total. The van der Waals surface area contributed by atoms with E-state index in [-0.39, 0.29) is 23.6 Å². The van der Waals surface area contributed by atoms with E-state index in [9.17, 15) is 22.4 Å². The molecule has 1 amide bonds. The van der Waals surface area contributed by atoms with E-state index in [1.807, 2.05) is 0 Å². The summed E-state index contributed by atoms with van der Waals surface area (Å²) in [5, 5.41) is 7.72. The van der Waals surface area contributed by atoms with Crippen molar-refractivity contribution >= 4 is 51.3 Å². The number of fused-ring (bicyclic) bond motifs is 1. The van der Waals surface area contributed by atoms with Crippen molar-refractivity contribution in [1.29, 1.82) is 0 Å². The molecule has 1 unspecified atom stereocenters. The molecule has 2 N–H and O–H groups in total. The lowest BCUT2D eigenvalue weighted by atomic mass is 9.83. The van der Waals surface area contributed by atoms with Gasteiger partial charge in [0.25, 0.3) is 5.60 Å². The van der Waals surface area contributed by atoms with Crippen molar-refractivity contribution in [2.75, 3.05) is 7.11 Å². The third-order valence-electron chi connectivity index (χ3n) is 6.95. The number of oxime groups is 2. The Morgan fingerprint density at radius 2 is 1.82 bits per heavy atom. The highest BCUT2D eigenvalue weighted by Crippen LogP contribution is 2.50. The predicted molar refractivity (Wildman–Crippen MR) is 140 cm³/mol. The number of primary amides is 1. The summed E-state index contributed by atoms with van der Waals surface area (Å²) in [5.41, 5.74) is 4.01. The molecule has 5 rings (SSSR count). The molecule has 1 aliphatic carbocycles. The van der Waals surface area contributed by atoms with Gasteiger partial charge in [0.1, 0.15) is 7.11 Å². The Labute approximate surface area is 230 Å². The van der Waals surface area contributed by atoms with Gasteiger partial charge in [0.2, 0.25) is 5.91 Å². The normalized spacial score (nSPS) is 19.7. The first kappa shape index (κ1) is 27.2. The number of carbonyl (C=O) groups is 1. The van der Waals surface area contributed by atoms with Crippen LogP contribution in [0.1, 0.15) is 46.3 Å². The van der Waals surface area contributed by atoms with Gasteiger partial charge in [-0.1, -0.05) is 57.8 Å². The third-order valence-corrected chi connectivity index (χ3v) is 7.50. The minimum Gasteiger partial charge on any atom is -0.399 e. The summed E-state index contributed by atoms with van der Waals surface area (Å²) >= 11 is 11.7. The molecular formula is C27H21Cl2F4N3O3. The summed E-state index contributed by atoms with van der Waals surface area (Å²) in [6, 6.07) is 9.96. The Kier molecular flexibility index (Phi) is 6.97. The smallest absolute Gasteiger partial charge is 0.399 e. The van der Waals surface area contributed by atoms with Crippen molar-refractivity contribution in [3.63, 3.8) is 0 Å². The average Bonchev–Trinajstić information content (AvgIpc) is 3.62.